The molecule has 0 amide bonds. The summed E-state index contributed by atoms with van der Waals surface area (Å²) in [6, 6.07) is 3.60. The fourth-order valence-electron chi connectivity index (χ4n) is 2.12. The van der Waals surface area contributed by atoms with Gasteiger partial charge >= 0.3 is 0 Å². The molecule has 17 heavy (non-hydrogen) atoms. The highest BCUT2D eigenvalue weighted by molar-refractivity contribution is 9.10. The zero-order valence-corrected chi connectivity index (χ0v) is 11.3. The molecule has 1 aromatic rings. The number of carbonyl (C=O) groups excluding carboxylic acids is 1. The van der Waals surface area contributed by atoms with E-state index in [9.17, 15) is 4.79 Å². The Bertz CT molecular complexity index is 411. The van der Waals surface area contributed by atoms with Gasteiger partial charge < -0.3 is 9.47 Å². The van der Waals surface area contributed by atoms with Crippen molar-refractivity contribution in [1.82, 2.24) is 0 Å². The van der Waals surface area contributed by atoms with Gasteiger partial charge in [-0.25, -0.2) is 0 Å². The molecule has 3 nitrogen and oxygen atoms in total. The van der Waals surface area contributed by atoms with Gasteiger partial charge in [0.25, 0.3) is 0 Å². The summed E-state index contributed by atoms with van der Waals surface area (Å²) in [5.41, 5.74) is 0.524. The van der Waals surface area contributed by atoms with E-state index in [0.29, 0.717) is 17.1 Å². The van der Waals surface area contributed by atoms with Gasteiger partial charge in [0.2, 0.25) is 0 Å². The van der Waals surface area contributed by atoms with Gasteiger partial charge in [-0.1, -0.05) is 0 Å². The Morgan fingerprint density at radius 2 is 2.06 bits per heavy atom. The van der Waals surface area contributed by atoms with Crippen molar-refractivity contribution in [2.24, 2.45) is 0 Å². The zero-order chi connectivity index (χ0) is 12.3. The smallest absolute Gasteiger partial charge is 0.173 e. The van der Waals surface area contributed by atoms with Crippen LogP contribution in [0.25, 0.3) is 0 Å². The highest BCUT2D eigenvalue weighted by Gasteiger charge is 2.21. The number of methoxy groups -OCH3 is 1. The first-order valence-corrected chi connectivity index (χ1v) is 6.54. The Kier molecular flexibility index (Phi) is 4.05. The van der Waals surface area contributed by atoms with E-state index < -0.39 is 0 Å². The van der Waals surface area contributed by atoms with Gasteiger partial charge in [0.05, 0.1) is 18.8 Å². The van der Waals surface area contributed by atoms with Crippen molar-refractivity contribution >= 4 is 22.2 Å². The number of aldehydes is 1. The van der Waals surface area contributed by atoms with E-state index in [1.54, 1.807) is 19.2 Å². The zero-order valence-electron chi connectivity index (χ0n) is 9.74. The number of hydrogen-bond donors (Lipinski definition) is 0. The Morgan fingerprint density at radius 1 is 1.35 bits per heavy atom. The van der Waals surface area contributed by atoms with E-state index in [-0.39, 0.29) is 6.10 Å². The van der Waals surface area contributed by atoms with E-state index in [1.807, 2.05) is 0 Å². The van der Waals surface area contributed by atoms with Crippen LogP contribution in [0.15, 0.2) is 16.6 Å². The maximum atomic E-state index is 11.1. The molecule has 0 heterocycles. The first-order valence-electron chi connectivity index (χ1n) is 5.74. The molecule has 1 aromatic carbocycles. The Labute approximate surface area is 109 Å². The maximum Gasteiger partial charge on any atom is 0.173 e. The summed E-state index contributed by atoms with van der Waals surface area (Å²) in [5, 5.41) is 0. The molecule has 2 rings (SSSR count). The number of ether oxygens (including phenoxy) is 2. The second-order valence-electron chi connectivity index (χ2n) is 4.13. The minimum absolute atomic E-state index is 0.205. The highest BCUT2D eigenvalue weighted by Crippen LogP contribution is 2.37. The molecule has 0 aromatic heterocycles. The standard InChI is InChI=1S/C13H15BrO3/c1-16-12-7-6-11(14)10(8-15)13(12)17-9-4-2-3-5-9/h6-9H,2-5H2,1H3. The SMILES string of the molecule is COc1ccc(Br)c(C=O)c1OC1CCCC1. The molecule has 0 spiro atoms. The van der Waals surface area contributed by atoms with Crippen molar-refractivity contribution in [2.45, 2.75) is 31.8 Å². The molecule has 0 N–H and O–H groups in total. The van der Waals surface area contributed by atoms with Gasteiger partial charge in [0, 0.05) is 4.47 Å². The summed E-state index contributed by atoms with van der Waals surface area (Å²) >= 11 is 3.35. The van der Waals surface area contributed by atoms with Crippen LogP contribution in [0.5, 0.6) is 11.5 Å². The lowest BCUT2D eigenvalue weighted by atomic mass is 10.2. The van der Waals surface area contributed by atoms with Crippen LogP contribution in [-0.4, -0.2) is 19.5 Å². The van der Waals surface area contributed by atoms with Crippen molar-refractivity contribution in [3.05, 3.63) is 22.2 Å². The second kappa shape index (κ2) is 5.54. The molecule has 0 radical (unpaired) electrons. The molecular formula is C13H15BrO3. The fourth-order valence-corrected chi connectivity index (χ4v) is 2.53. The van der Waals surface area contributed by atoms with Crippen molar-refractivity contribution in [3.63, 3.8) is 0 Å². The lowest BCUT2D eigenvalue weighted by Crippen LogP contribution is -2.13. The summed E-state index contributed by atoms with van der Waals surface area (Å²) in [7, 11) is 1.58. The molecular weight excluding hydrogens is 284 g/mol. The third-order valence-electron chi connectivity index (χ3n) is 3.03. The van der Waals surface area contributed by atoms with E-state index in [4.69, 9.17) is 9.47 Å². The van der Waals surface area contributed by atoms with Crippen LogP contribution in [-0.2, 0) is 0 Å². The van der Waals surface area contributed by atoms with Crippen LogP contribution in [0, 0.1) is 0 Å². The molecule has 1 fully saturated rings. The molecule has 0 aliphatic heterocycles. The predicted octanol–water partition coefficient (Wildman–Crippen LogP) is 3.59. The summed E-state index contributed by atoms with van der Waals surface area (Å²) in [6.45, 7) is 0. The molecule has 0 atom stereocenters. The maximum absolute atomic E-state index is 11.1. The first-order chi connectivity index (χ1) is 8.26. The average molecular weight is 299 g/mol. The van der Waals surface area contributed by atoms with Gasteiger partial charge in [-0.05, 0) is 53.7 Å². The second-order valence-corrected chi connectivity index (χ2v) is 4.99. The number of halogens is 1. The molecule has 1 aliphatic carbocycles. The number of hydrogen-bond acceptors (Lipinski definition) is 3. The average Bonchev–Trinajstić information content (AvgIpc) is 2.83. The van der Waals surface area contributed by atoms with Gasteiger partial charge in [-0.2, -0.15) is 0 Å². The van der Waals surface area contributed by atoms with E-state index >= 15 is 0 Å². The first kappa shape index (κ1) is 12.4. The third kappa shape index (κ3) is 2.63. The Balaban J connectivity index is 2.33. The molecule has 0 saturated heterocycles. The highest BCUT2D eigenvalue weighted by atomic mass is 79.9. The minimum atomic E-state index is 0.205. The van der Waals surface area contributed by atoms with Gasteiger partial charge in [-0.3, -0.25) is 4.79 Å². The van der Waals surface area contributed by atoms with Gasteiger partial charge in [0.15, 0.2) is 17.8 Å². The summed E-state index contributed by atoms with van der Waals surface area (Å²) in [4.78, 5) is 11.1. The van der Waals surface area contributed by atoms with Crippen LogP contribution < -0.4 is 9.47 Å². The van der Waals surface area contributed by atoms with Crippen molar-refractivity contribution in [2.75, 3.05) is 7.11 Å². The molecule has 4 heteroatoms. The lowest BCUT2D eigenvalue weighted by molar-refractivity contribution is 0.111. The largest absolute Gasteiger partial charge is 0.493 e. The Morgan fingerprint density at radius 3 is 2.65 bits per heavy atom. The van der Waals surface area contributed by atoms with E-state index in [1.165, 1.54) is 12.8 Å². The summed E-state index contributed by atoms with van der Waals surface area (Å²) in [5.74, 6) is 1.17. The topological polar surface area (TPSA) is 35.5 Å². The quantitative estimate of drug-likeness (QED) is 0.797. The van der Waals surface area contributed by atoms with Crippen molar-refractivity contribution in [3.8, 4) is 11.5 Å². The monoisotopic (exact) mass is 298 g/mol. The molecule has 0 unspecified atom stereocenters. The van der Waals surface area contributed by atoms with Gasteiger partial charge in [0.1, 0.15) is 0 Å². The van der Waals surface area contributed by atoms with Crippen LogP contribution in [0.4, 0.5) is 0 Å². The van der Waals surface area contributed by atoms with Crippen LogP contribution >= 0.6 is 15.9 Å². The van der Waals surface area contributed by atoms with Crippen LogP contribution in [0.2, 0.25) is 0 Å². The minimum Gasteiger partial charge on any atom is -0.493 e. The van der Waals surface area contributed by atoms with Crippen molar-refractivity contribution in [1.29, 1.82) is 0 Å². The number of rotatable bonds is 4. The van der Waals surface area contributed by atoms with Crippen LogP contribution in [0.1, 0.15) is 36.0 Å². The number of benzene rings is 1. The summed E-state index contributed by atoms with van der Waals surface area (Å²) < 4.78 is 11.9. The molecule has 0 bridgehead atoms. The Hall–Kier alpha value is -1.03. The van der Waals surface area contributed by atoms with Crippen LogP contribution in [0.3, 0.4) is 0 Å². The summed E-state index contributed by atoms with van der Waals surface area (Å²) in [6.07, 6.45) is 5.49. The lowest BCUT2D eigenvalue weighted by Gasteiger charge is -2.18. The fraction of sp³-hybridized carbons (Fsp3) is 0.462. The number of carbonyl (C=O) groups is 1. The van der Waals surface area contributed by atoms with Gasteiger partial charge in [-0.15, -0.1) is 0 Å². The third-order valence-corrected chi connectivity index (χ3v) is 3.72. The molecule has 1 saturated carbocycles. The predicted molar refractivity (Wildman–Crippen MR) is 69.0 cm³/mol. The normalized spacial score (nSPS) is 15.9. The van der Waals surface area contributed by atoms with E-state index in [2.05, 4.69) is 15.9 Å². The van der Waals surface area contributed by atoms with Crippen molar-refractivity contribution < 1.29 is 14.3 Å². The van der Waals surface area contributed by atoms with E-state index in [0.717, 1.165) is 23.6 Å². The molecule has 92 valence electrons. The molecule has 1 aliphatic rings.